The van der Waals surface area contributed by atoms with E-state index in [0.717, 1.165) is 17.7 Å². The number of hydrogen-bond acceptors (Lipinski definition) is 3. The number of ether oxygens (including phenoxy) is 2. The van der Waals surface area contributed by atoms with Gasteiger partial charge in [0, 0.05) is 25.6 Å². The largest absolute Gasteiger partial charge is 0.496 e. The topological polar surface area (TPSA) is 38.8 Å². The highest BCUT2D eigenvalue weighted by Crippen LogP contribution is 2.22. The third-order valence-corrected chi connectivity index (χ3v) is 4.48. The van der Waals surface area contributed by atoms with Crippen LogP contribution in [0.3, 0.4) is 0 Å². The quantitative estimate of drug-likeness (QED) is 0.848. The molecule has 0 bridgehead atoms. The highest BCUT2D eigenvalue weighted by atomic mass is 16.5. The minimum absolute atomic E-state index is 0.0477. The maximum Gasteiger partial charge on any atom is 0.226 e. The zero-order valence-corrected chi connectivity index (χ0v) is 14.2. The predicted octanol–water partition coefficient (Wildman–Crippen LogP) is 2.84. The van der Waals surface area contributed by atoms with Crippen LogP contribution in [0.1, 0.15) is 16.7 Å². The number of para-hydroxylation sites is 1. The van der Waals surface area contributed by atoms with Crippen molar-refractivity contribution in [2.24, 2.45) is 0 Å². The molecule has 1 atom stereocenters. The van der Waals surface area contributed by atoms with Crippen LogP contribution in [0.2, 0.25) is 0 Å². The molecule has 4 heteroatoms. The molecule has 1 aliphatic rings. The molecule has 0 saturated heterocycles. The number of rotatable bonds is 5. The summed E-state index contributed by atoms with van der Waals surface area (Å²) in [5.41, 5.74) is 3.47. The first-order valence-electron chi connectivity index (χ1n) is 8.21. The van der Waals surface area contributed by atoms with Crippen LogP contribution in [0.5, 0.6) is 5.75 Å². The first-order valence-corrected chi connectivity index (χ1v) is 8.21. The van der Waals surface area contributed by atoms with Gasteiger partial charge in [-0.05, 0) is 17.2 Å². The third-order valence-electron chi connectivity index (χ3n) is 4.48. The summed E-state index contributed by atoms with van der Waals surface area (Å²) in [5, 5.41) is 0. The van der Waals surface area contributed by atoms with E-state index in [1.807, 2.05) is 37.4 Å². The molecule has 0 saturated carbocycles. The Bertz CT molecular complexity index is 714. The molecule has 0 aromatic heterocycles. The Labute approximate surface area is 143 Å². The van der Waals surface area contributed by atoms with Gasteiger partial charge < -0.3 is 14.4 Å². The van der Waals surface area contributed by atoms with Gasteiger partial charge in [-0.15, -0.1) is 0 Å². The number of fused-ring (bicyclic) bond motifs is 1. The normalized spacial score (nSPS) is 16.3. The molecule has 24 heavy (non-hydrogen) atoms. The molecule has 0 spiro atoms. The molecule has 1 aliphatic heterocycles. The molecule has 0 aliphatic carbocycles. The second-order valence-corrected chi connectivity index (χ2v) is 6.17. The van der Waals surface area contributed by atoms with E-state index >= 15 is 0 Å². The summed E-state index contributed by atoms with van der Waals surface area (Å²) >= 11 is 0. The number of likely N-dealkylation sites (N-methyl/N-ethyl adjacent to an activating group) is 1. The van der Waals surface area contributed by atoms with Gasteiger partial charge in [0.05, 0.1) is 26.2 Å². The first-order chi connectivity index (χ1) is 11.7. The molecule has 126 valence electrons. The highest BCUT2D eigenvalue weighted by Gasteiger charge is 2.22. The number of benzene rings is 2. The number of carbonyl (C=O) groups is 1. The molecule has 0 fully saturated rings. The number of methoxy groups -OCH3 is 1. The summed E-state index contributed by atoms with van der Waals surface area (Å²) in [6.45, 7) is 1.22. The fourth-order valence-corrected chi connectivity index (χ4v) is 3.08. The van der Waals surface area contributed by atoms with Crippen LogP contribution in [-0.4, -0.2) is 37.6 Å². The molecule has 4 nitrogen and oxygen atoms in total. The van der Waals surface area contributed by atoms with Crippen LogP contribution in [0.15, 0.2) is 48.5 Å². The Morgan fingerprint density at radius 2 is 1.88 bits per heavy atom. The van der Waals surface area contributed by atoms with Crippen LogP contribution in [-0.2, 0) is 29.0 Å². The SMILES string of the molecule is COc1ccccc1CC(=O)N(C)CC1Cc2ccccc2CO1. The van der Waals surface area contributed by atoms with Gasteiger partial charge in [-0.1, -0.05) is 42.5 Å². The minimum Gasteiger partial charge on any atom is -0.496 e. The van der Waals surface area contributed by atoms with E-state index in [4.69, 9.17) is 9.47 Å². The Morgan fingerprint density at radius 3 is 2.67 bits per heavy atom. The number of nitrogens with zero attached hydrogens (tertiary/aromatic N) is 1. The predicted molar refractivity (Wildman–Crippen MR) is 93.1 cm³/mol. The van der Waals surface area contributed by atoms with E-state index in [9.17, 15) is 4.79 Å². The summed E-state index contributed by atoms with van der Waals surface area (Å²) in [6, 6.07) is 16.0. The summed E-state index contributed by atoms with van der Waals surface area (Å²) in [6.07, 6.45) is 1.23. The summed E-state index contributed by atoms with van der Waals surface area (Å²) < 4.78 is 11.2. The Hall–Kier alpha value is -2.33. The van der Waals surface area contributed by atoms with E-state index < -0.39 is 0 Å². The van der Waals surface area contributed by atoms with Gasteiger partial charge in [0.1, 0.15) is 5.75 Å². The lowest BCUT2D eigenvalue weighted by atomic mass is 9.99. The Kier molecular flexibility index (Phi) is 5.16. The van der Waals surface area contributed by atoms with E-state index in [1.54, 1.807) is 12.0 Å². The van der Waals surface area contributed by atoms with Crippen molar-refractivity contribution in [3.05, 3.63) is 65.2 Å². The van der Waals surface area contributed by atoms with Crippen molar-refractivity contribution in [3.63, 3.8) is 0 Å². The van der Waals surface area contributed by atoms with Crippen LogP contribution >= 0.6 is 0 Å². The zero-order chi connectivity index (χ0) is 16.9. The van der Waals surface area contributed by atoms with E-state index in [-0.39, 0.29) is 12.0 Å². The van der Waals surface area contributed by atoms with E-state index in [0.29, 0.717) is 19.6 Å². The van der Waals surface area contributed by atoms with Gasteiger partial charge in [0.25, 0.3) is 0 Å². The van der Waals surface area contributed by atoms with Gasteiger partial charge in [0.2, 0.25) is 5.91 Å². The molecule has 0 radical (unpaired) electrons. The van der Waals surface area contributed by atoms with Gasteiger partial charge in [-0.25, -0.2) is 0 Å². The third kappa shape index (κ3) is 3.77. The number of hydrogen-bond donors (Lipinski definition) is 0. The molecule has 3 rings (SSSR count). The van der Waals surface area contributed by atoms with Crippen molar-refractivity contribution in [2.75, 3.05) is 20.7 Å². The van der Waals surface area contributed by atoms with Crippen molar-refractivity contribution in [1.29, 1.82) is 0 Å². The molecule has 1 heterocycles. The molecular formula is C20H23NO3. The summed E-state index contributed by atoms with van der Waals surface area (Å²) in [4.78, 5) is 14.3. The second kappa shape index (κ2) is 7.49. The fraction of sp³-hybridized carbons (Fsp3) is 0.350. The Morgan fingerprint density at radius 1 is 1.17 bits per heavy atom. The van der Waals surface area contributed by atoms with Crippen molar-refractivity contribution >= 4 is 5.91 Å². The van der Waals surface area contributed by atoms with Crippen LogP contribution in [0.25, 0.3) is 0 Å². The lowest BCUT2D eigenvalue weighted by molar-refractivity contribution is -0.131. The minimum atomic E-state index is 0.0477. The summed E-state index contributed by atoms with van der Waals surface area (Å²) in [5.74, 6) is 0.823. The van der Waals surface area contributed by atoms with Crippen molar-refractivity contribution < 1.29 is 14.3 Å². The Balaban J connectivity index is 1.59. The average Bonchev–Trinajstić information content (AvgIpc) is 2.62. The van der Waals surface area contributed by atoms with Crippen LogP contribution in [0, 0.1) is 0 Å². The molecule has 0 N–H and O–H groups in total. The monoisotopic (exact) mass is 325 g/mol. The molecule has 1 unspecified atom stereocenters. The second-order valence-electron chi connectivity index (χ2n) is 6.17. The van der Waals surface area contributed by atoms with E-state index in [1.165, 1.54) is 11.1 Å². The summed E-state index contributed by atoms with van der Waals surface area (Å²) in [7, 11) is 3.46. The lowest BCUT2D eigenvalue weighted by Gasteiger charge is -2.29. The zero-order valence-electron chi connectivity index (χ0n) is 14.2. The van der Waals surface area contributed by atoms with Crippen LogP contribution in [0.4, 0.5) is 0 Å². The molecule has 2 aromatic carbocycles. The molecule has 1 amide bonds. The number of carbonyl (C=O) groups excluding carboxylic acids is 1. The maximum atomic E-state index is 12.5. The fourth-order valence-electron chi connectivity index (χ4n) is 3.08. The van der Waals surface area contributed by atoms with Gasteiger partial charge in [-0.3, -0.25) is 4.79 Å². The average molecular weight is 325 g/mol. The van der Waals surface area contributed by atoms with Crippen molar-refractivity contribution in [2.45, 2.75) is 25.6 Å². The smallest absolute Gasteiger partial charge is 0.226 e. The maximum absolute atomic E-state index is 12.5. The van der Waals surface area contributed by atoms with Gasteiger partial charge in [0.15, 0.2) is 0 Å². The van der Waals surface area contributed by atoms with Gasteiger partial charge >= 0.3 is 0 Å². The first kappa shape index (κ1) is 16.5. The lowest BCUT2D eigenvalue weighted by Crippen LogP contribution is -2.38. The standard InChI is InChI=1S/C20H23NO3/c1-21(20(22)12-16-8-5-6-10-19(16)23-2)13-18-11-15-7-3-4-9-17(15)14-24-18/h3-10,18H,11-14H2,1-2H3. The van der Waals surface area contributed by atoms with Crippen LogP contribution < -0.4 is 4.74 Å². The van der Waals surface area contributed by atoms with E-state index in [2.05, 4.69) is 18.2 Å². The molecule has 2 aromatic rings. The number of amides is 1. The van der Waals surface area contributed by atoms with Crippen molar-refractivity contribution in [3.8, 4) is 5.75 Å². The molecular weight excluding hydrogens is 302 g/mol. The highest BCUT2D eigenvalue weighted by molar-refractivity contribution is 5.79. The van der Waals surface area contributed by atoms with Crippen molar-refractivity contribution in [1.82, 2.24) is 4.90 Å². The van der Waals surface area contributed by atoms with Gasteiger partial charge in [-0.2, -0.15) is 0 Å².